The van der Waals surface area contributed by atoms with E-state index in [1.54, 1.807) is 0 Å². The average molecular weight is 475 g/mol. The van der Waals surface area contributed by atoms with Gasteiger partial charge in [-0.2, -0.15) is 0 Å². The highest BCUT2D eigenvalue weighted by molar-refractivity contribution is 5.96. The number of carboxylic acids is 1. The van der Waals surface area contributed by atoms with Gasteiger partial charge in [0, 0.05) is 12.8 Å². The summed E-state index contributed by atoms with van der Waals surface area (Å²) in [5.41, 5.74) is 20.7. The standard InChI is InChI=1S/C17H29N7O9/c18-7(1-3-11(19)26)14(29)22-8(2-4-12(20)27)15(30)23-9(5-13(21)28)16(31)24-10(6-25)17(32)33/h7-10,25H,1-6,18H2,(H2,19,26)(H2,20,27)(H2,21,28)(H,22,29)(H,23,30)(H,24,31)(H,32,33). The van der Waals surface area contributed by atoms with Gasteiger partial charge >= 0.3 is 5.97 Å². The molecule has 4 atom stereocenters. The van der Waals surface area contributed by atoms with Crippen LogP contribution < -0.4 is 38.9 Å². The number of nitrogens with one attached hydrogen (secondary N) is 3. The summed E-state index contributed by atoms with van der Waals surface area (Å²) in [5.74, 6) is -7.18. The monoisotopic (exact) mass is 475 g/mol. The van der Waals surface area contributed by atoms with Crippen molar-refractivity contribution in [3.63, 3.8) is 0 Å². The summed E-state index contributed by atoms with van der Waals surface area (Å²) in [4.78, 5) is 81.5. The molecule has 0 aromatic carbocycles. The molecule has 6 amide bonds. The molecule has 0 aliphatic carbocycles. The first kappa shape index (κ1) is 29.2. The highest BCUT2D eigenvalue weighted by Crippen LogP contribution is 2.03. The molecule has 0 bridgehead atoms. The number of hydrogen-bond acceptors (Lipinski definition) is 9. The molecule has 0 spiro atoms. The number of aliphatic carboxylic acids is 1. The summed E-state index contributed by atoms with van der Waals surface area (Å²) in [6.07, 6.45) is -1.75. The molecule has 0 aliphatic rings. The molecule has 0 heterocycles. The number of primary amides is 3. The van der Waals surface area contributed by atoms with Crippen LogP contribution in [0, 0.1) is 0 Å². The molecule has 33 heavy (non-hydrogen) atoms. The van der Waals surface area contributed by atoms with E-state index < -0.39 is 78.6 Å². The van der Waals surface area contributed by atoms with Crippen molar-refractivity contribution < 1.29 is 43.8 Å². The van der Waals surface area contributed by atoms with Crippen molar-refractivity contribution in [1.29, 1.82) is 0 Å². The summed E-state index contributed by atoms with van der Waals surface area (Å²) >= 11 is 0. The predicted molar refractivity (Wildman–Crippen MR) is 109 cm³/mol. The lowest BCUT2D eigenvalue weighted by molar-refractivity contribution is -0.143. The van der Waals surface area contributed by atoms with Crippen LogP contribution in [0.2, 0.25) is 0 Å². The smallest absolute Gasteiger partial charge is 0.328 e. The zero-order valence-corrected chi connectivity index (χ0v) is 17.6. The average Bonchev–Trinajstić information content (AvgIpc) is 2.71. The third-order valence-electron chi connectivity index (χ3n) is 4.19. The number of amides is 6. The van der Waals surface area contributed by atoms with Gasteiger partial charge in [0.05, 0.1) is 19.1 Å². The van der Waals surface area contributed by atoms with Crippen LogP contribution in [0.25, 0.3) is 0 Å². The van der Waals surface area contributed by atoms with Crippen LogP contribution >= 0.6 is 0 Å². The molecule has 0 aromatic heterocycles. The minimum atomic E-state index is -1.72. The van der Waals surface area contributed by atoms with Crippen molar-refractivity contribution in [3.05, 3.63) is 0 Å². The largest absolute Gasteiger partial charge is 0.480 e. The van der Waals surface area contributed by atoms with Gasteiger partial charge in [0.2, 0.25) is 35.4 Å². The van der Waals surface area contributed by atoms with Gasteiger partial charge in [0.25, 0.3) is 0 Å². The Kier molecular flexibility index (Phi) is 12.7. The minimum Gasteiger partial charge on any atom is -0.480 e. The molecule has 0 fully saturated rings. The van der Waals surface area contributed by atoms with E-state index in [0.29, 0.717) is 0 Å². The van der Waals surface area contributed by atoms with Gasteiger partial charge in [0.15, 0.2) is 0 Å². The summed E-state index contributed by atoms with van der Waals surface area (Å²) in [5, 5.41) is 24.2. The van der Waals surface area contributed by atoms with E-state index in [4.69, 9.17) is 33.1 Å². The number of nitrogens with two attached hydrogens (primary N) is 4. The highest BCUT2D eigenvalue weighted by Gasteiger charge is 2.31. The van der Waals surface area contributed by atoms with E-state index in [2.05, 4.69) is 10.6 Å². The molecule has 0 saturated carbocycles. The third-order valence-corrected chi connectivity index (χ3v) is 4.19. The zero-order valence-electron chi connectivity index (χ0n) is 17.6. The second-order valence-electron chi connectivity index (χ2n) is 6.99. The van der Waals surface area contributed by atoms with Crippen LogP contribution in [0.1, 0.15) is 32.1 Å². The number of rotatable bonds is 16. The Morgan fingerprint density at radius 2 is 1.12 bits per heavy atom. The number of carbonyl (C=O) groups is 7. The van der Waals surface area contributed by atoms with E-state index in [-0.39, 0.29) is 25.7 Å². The molecule has 16 nitrogen and oxygen atoms in total. The number of carbonyl (C=O) groups excluding carboxylic acids is 6. The third kappa shape index (κ3) is 12.0. The summed E-state index contributed by atoms with van der Waals surface area (Å²) in [6, 6.07) is -6.06. The van der Waals surface area contributed by atoms with Crippen LogP contribution in [-0.4, -0.2) is 82.4 Å². The van der Waals surface area contributed by atoms with Crippen molar-refractivity contribution >= 4 is 41.4 Å². The highest BCUT2D eigenvalue weighted by atomic mass is 16.4. The fourth-order valence-electron chi connectivity index (χ4n) is 2.40. The second kappa shape index (κ2) is 14.3. The van der Waals surface area contributed by atoms with Crippen molar-refractivity contribution in [1.82, 2.24) is 16.0 Å². The van der Waals surface area contributed by atoms with Crippen LogP contribution in [-0.2, 0) is 33.6 Å². The molecule has 0 aromatic rings. The Labute approximate surface area is 187 Å². The van der Waals surface area contributed by atoms with E-state index >= 15 is 0 Å². The summed E-state index contributed by atoms with van der Waals surface area (Å²) < 4.78 is 0. The SMILES string of the molecule is NC(=O)CCC(N)C(=O)NC(CCC(N)=O)C(=O)NC(CC(N)=O)C(=O)NC(CO)C(=O)O. The fourth-order valence-corrected chi connectivity index (χ4v) is 2.40. The minimum absolute atomic E-state index is 0.129. The first-order valence-corrected chi connectivity index (χ1v) is 9.63. The topological polar surface area (TPSA) is 300 Å². The van der Waals surface area contributed by atoms with Gasteiger partial charge in [0.1, 0.15) is 18.1 Å². The van der Waals surface area contributed by atoms with Crippen molar-refractivity contribution in [3.8, 4) is 0 Å². The van der Waals surface area contributed by atoms with E-state index in [1.807, 2.05) is 5.32 Å². The molecule has 186 valence electrons. The summed E-state index contributed by atoms with van der Waals surface area (Å²) in [6.45, 7) is -0.973. The van der Waals surface area contributed by atoms with Gasteiger partial charge in [-0.05, 0) is 12.8 Å². The van der Waals surface area contributed by atoms with Gasteiger partial charge in [-0.1, -0.05) is 0 Å². The number of aliphatic hydroxyl groups excluding tert-OH is 1. The Hall–Kier alpha value is -3.79. The number of carboxylic acid groups (broad SMARTS) is 1. The first-order chi connectivity index (χ1) is 15.3. The molecule has 16 heteroatoms. The van der Waals surface area contributed by atoms with E-state index in [0.717, 1.165) is 0 Å². The normalized spacial score (nSPS) is 14.1. The predicted octanol–water partition coefficient (Wildman–Crippen LogP) is -5.75. The summed E-state index contributed by atoms with van der Waals surface area (Å²) in [7, 11) is 0. The van der Waals surface area contributed by atoms with Gasteiger partial charge in [-0.15, -0.1) is 0 Å². The maximum absolute atomic E-state index is 12.7. The number of hydrogen-bond donors (Lipinski definition) is 9. The Morgan fingerprint density at radius 1 is 0.667 bits per heavy atom. The van der Waals surface area contributed by atoms with Gasteiger partial charge in [-0.25, -0.2) is 4.79 Å². The van der Waals surface area contributed by atoms with Crippen molar-refractivity contribution in [2.24, 2.45) is 22.9 Å². The van der Waals surface area contributed by atoms with Crippen LogP contribution in [0.5, 0.6) is 0 Å². The molecule has 0 saturated heterocycles. The molecular formula is C17H29N7O9. The molecule has 0 aliphatic heterocycles. The molecule has 0 radical (unpaired) electrons. The van der Waals surface area contributed by atoms with Crippen LogP contribution in [0.3, 0.4) is 0 Å². The Balaban J connectivity index is 5.48. The lowest BCUT2D eigenvalue weighted by atomic mass is 10.1. The van der Waals surface area contributed by atoms with Gasteiger partial charge in [-0.3, -0.25) is 28.8 Å². The zero-order chi connectivity index (χ0) is 25.7. The Morgan fingerprint density at radius 3 is 1.58 bits per heavy atom. The number of aliphatic hydroxyl groups is 1. The molecule has 0 rings (SSSR count). The maximum Gasteiger partial charge on any atom is 0.328 e. The Bertz CT molecular complexity index is 774. The van der Waals surface area contributed by atoms with Crippen molar-refractivity contribution in [2.75, 3.05) is 6.61 Å². The maximum atomic E-state index is 12.7. The van der Waals surface area contributed by atoms with Crippen LogP contribution in [0.15, 0.2) is 0 Å². The fraction of sp³-hybridized carbons (Fsp3) is 0.588. The van der Waals surface area contributed by atoms with Gasteiger partial charge < -0.3 is 49.1 Å². The second-order valence-corrected chi connectivity index (χ2v) is 6.99. The van der Waals surface area contributed by atoms with Crippen LogP contribution in [0.4, 0.5) is 0 Å². The quantitative estimate of drug-likeness (QED) is 0.102. The van der Waals surface area contributed by atoms with E-state index in [1.165, 1.54) is 0 Å². The molecule has 13 N–H and O–H groups in total. The molecular weight excluding hydrogens is 446 g/mol. The van der Waals surface area contributed by atoms with E-state index in [9.17, 15) is 33.6 Å². The first-order valence-electron chi connectivity index (χ1n) is 9.63. The van der Waals surface area contributed by atoms with Crippen molar-refractivity contribution in [2.45, 2.75) is 56.3 Å². The lowest BCUT2D eigenvalue weighted by Gasteiger charge is -2.24. The molecule has 4 unspecified atom stereocenters. The lowest BCUT2D eigenvalue weighted by Crippen LogP contribution is -2.58.